The second-order valence-electron chi connectivity index (χ2n) is 5.42. The molecule has 0 bridgehead atoms. The van der Waals surface area contributed by atoms with Crippen LogP contribution in [0.3, 0.4) is 0 Å². The highest BCUT2D eigenvalue weighted by Gasteiger charge is 2.09. The number of nitrogens with one attached hydrogen (secondary N) is 2. The lowest BCUT2D eigenvalue weighted by Crippen LogP contribution is -2.22. The molecule has 0 aliphatic rings. The van der Waals surface area contributed by atoms with Crippen molar-refractivity contribution in [1.82, 2.24) is 15.3 Å². The summed E-state index contributed by atoms with van der Waals surface area (Å²) in [5.74, 6) is 0.297. The number of hydrogen-bond acceptors (Lipinski definition) is 5. The molecule has 0 aliphatic carbocycles. The van der Waals surface area contributed by atoms with Gasteiger partial charge in [0, 0.05) is 30.6 Å². The summed E-state index contributed by atoms with van der Waals surface area (Å²) >= 11 is 1.43. The molecule has 0 aliphatic heterocycles. The number of carbonyl (C=O) groups excluding carboxylic acids is 1. The molecule has 0 spiro atoms. The molecule has 0 fully saturated rings. The van der Waals surface area contributed by atoms with Gasteiger partial charge in [0.25, 0.3) is 0 Å². The zero-order chi connectivity index (χ0) is 17.6. The van der Waals surface area contributed by atoms with Gasteiger partial charge in [0.05, 0.1) is 5.69 Å². The number of pyridine rings is 1. The van der Waals surface area contributed by atoms with Crippen LogP contribution in [0.5, 0.6) is 0 Å². The van der Waals surface area contributed by atoms with Crippen molar-refractivity contribution in [1.29, 1.82) is 0 Å². The molecule has 2 heterocycles. The van der Waals surface area contributed by atoms with Gasteiger partial charge in [0.2, 0.25) is 5.91 Å². The Kier molecular flexibility index (Phi) is 5.35. The highest BCUT2D eigenvalue weighted by atomic mass is 32.1. The van der Waals surface area contributed by atoms with Gasteiger partial charge in [-0.2, -0.15) is 0 Å². The largest absolute Gasteiger partial charge is 0.356 e. The number of rotatable bonds is 6. The van der Waals surface area contributed by atoms with E-state index in [2.05, 4.69) is 20.6 Å². The molecule has 7 heteroatoms. The first-order chi connectivity index (χ1) is 12.1. The SMILES string of the molecule is CC(=O)NCCc1ccc(-c2csc(Nc3ccccn3)n2)cc1F. The Morgan fingerprint density at radius 1 is 1.28 bits per heavy atom. The van der Waals surface area contributed by atoms with E-state index >= 15 is 0 Å². The predicted molar refractivity (Wildman–Crippen MR) is 97.4 cm³/mol. The van der Waals surface area contributed by atoms with E-state index in [1.165, 1.54) is 24.3 Å². The normalized spacial score (nSPS) is 10.5. The topological polar surface area (TPSA) is 66.9 Å². The maximum atomic E-state index is 14.3. The van der Waals surface area contributed by atoms with Crippen LogP contribution in [0.1, 0.15) is 12.5 Å². The zero-order valence-corrected chi connectivity index (χ0v) is 14.4. The second kappa shape index (κ2) is 7.85. The van der Waals surface area contributed by atoms with E-state index in [0.29, 0.717) is 40.7 Å². The monoisotopic (exact) mass is 356 g/mol. The average Bonchev–Trinajstić information content (AvgIpc) is 3.05. The summed E-state index contributed by atoms with van der Waals surface area (Å²) in [6, 6.07) is 10.6. The van der Waals surface area contributed by atoms with Crippen LogP contribution in [0.25, 0.3) is 11.3 Å². The van der Waals surface area contributed by atoms with Crippen molar-refractivity contribution in [3.63, 3.8) is 0 Å². The number of anilines is 2. The minimum atomic E-state index is -0.296. The second-order valence-corrected chi connectivity index (χ2v) is 6.28. The van der Waals surface area contributed by atoms with E-state index in [9.17, 15) is 9.18 Å². The third kappa shape index (κ3) is 4.60. The van der Waals surface area contributed by atoms with Crippen molar-refractivity contribution in [3.05, 3.63) is 59.4 Å². The Morgan fingerprint density at radius 2 is 2.16 bits per heavy atom. The number of benzene rings is 1. The van der Waals surface area contributed by atoms with Crippen molar-refractivity contribution in [3.8, 4) is 11.3 Å². The van der Waals surface area contributed by atoms with Crippen molar-refractivity contribution in [2.24, 2.45) is 0 Å². The number of carbonyl (C=O) groups is 1. The molecule has 0 radical (unpaired) electrons. The molecular formula is C18H17FN4OS. The number of thiazole rings is 1. The highest BCUT2D eigenvalue weighted by Crippen LogP contribution is 2.27. The summed E-state index contributed by atoms with van der Waals surface area (Å²) < 4.78 is 14.3. The Morgan fingerprint density at radius 3 is 2.88 bits per heavy atom. The summed E-state index contributed by atoms with van der Waals surface area (Å²) in [4.78, 5) is 19.5. The molecule has 3 rings (SSSR count). The fourth-order valence-corrected chi connectivity index (χ4v) is 3.02. The molecule has 0 atom stereocenters. The molecule has 0 unspecified atom stereocenters. The summed E-state index contributed by atoms with van der Waals surface area (Å²) in [6.07, 6.45) is 2.15. The summed E-state index contributed by atoms with van der Waals surface area (Å²) in [6.45, 7) is 1.86. The zero-order valence-electron chi connectivity index (χ0n) is 13.6. The Hall–Kier alpha value is -2.80. The van der Waals surface area contributed by atoms with Gasteiger partial charge in [0.1, 0.15) is 11.6 Å². The van der Waals surface area contributed by atoms with Crippen LogP contribution >= 0.6 is 11.3 Å². The first-order valence-corrected chi connectivity index (χ1v) is 8.66. The third-order valence-electron chi connectivity index (χ3n) is 3.52. The van der Waals surface area contributed by atoms with Crippen LogP contribution in [0.4, 0.5) is 15.3 Å². The van der Waals surface area contributed by atoms with Crippen molar-refractivity contribution in [2.75, 3.05) is 11.9 Å². The lowest BCUT2D eigenvalue weighted by atomic mass is 10.1. The first-order valence-electron chi connectivity index (χ1n) is 7.78. The lowest BCUT2D eigenvalue weighted by molar-refractivity contribution is -0.118. The van der Waals surface area contributed by atoms with E-state index < -0.39 is 0 Å². The lowest BCUT2D eigenvalue weighted by Gasteiger charge is -2.06. The van der Waals surface area contributed by atoms with Crippen LogP contribution in [0, 0.1) is 5.82 Å². The average molecular weight is 356 g/mol. The van der Waals surface area contributed by atoms with Gasteiger partial charge >= 0.3 is 0 Å². The summed E-state index contributed by atoms with van der Waals surface area (Å²) in [7, 11) is 0. The van der Waals surface area contributed by atoms with Crippen LogP contribution in [0.2, 0.25) is 0 Å². The number of halogens is 1. The molecule has 3 aromatic rings. The maximum Gasteiger partial charge on any atom is 0.216 e. The van der Waals surface area contributed by atoms with E-state index in [0.717, 1.165) is 0 Å². The quantitative estimate of drug-likeness (QED) is 0.706. The fourth-order valence-electron chi connectivity index (χ4n) is 2.29. The van der Waals surface area contributed by atoms with Crippen molar-refractivity contribution < 1.29 is 9.18 Å². The highest BCUT2D eigenvalue weighted by molar-refractivity contribution is 7.14. The molecular weight excluding hydrogens is 339 g/mol. The molecule has 5 nitrogen and oxygen atoms in total. The predicted octanol–water partition coefficient (Wildman–Crippen LogP) is 3.77. The smallest absolute Gasteiger partial charge is 0.216 e. The minimum Gasteiger partial charge on any atom is -0.356 e. The molecule has 25 heavy (non-hydrogen) atoms. The van der Waals surface area contributed by atoms with Crippen LogP contribution in [0.15, 0.2) is 48.0 Å². The van der Waals surface area contributed by atoms with Crippen molar-refractivity contribution in [2.45, 2.75) is 13.3 Å². The molecule has 2 N–H and O–H groups in total. The van der Waals surface area contributed by atoms with E-state index in [1.807, 2.05) is 29.6 Å². The Balaban J connectivity index is 1.70. The van der Waals surface area contributed by atoms with Gasteiger partial charge in [-0.05, 0) is 30.2 Å². The van der Waals surface area contributed by atoms with Gasteiger partial charge in [-0.15, -0.1) is 11.3 Å². The van der Waals surface area contributed by atoms with E-state index in [4.69, 9.17) is 0 Å². The number of amides is 1. The van der Waals surface area contributed by atoms with Gasteiger partial charge in [-0.1, -0.05) is 18.2 Å². The fraction of sp³-hybridized carbons (Fsp3) is 0.167. The summed E-state index contributed by atoms with van der Waals surface area (Å²) in [5.41, 5.74) is 1.99. The van der Waals surface area contributed by atoms with Gasteiger partial charge in [-0.25, -0.2) is 14.4 Å². The number of nitrogens with zero attached hydrogens (tertiary/aromatic N) is 2. The molecule has 0 saturated carbocycles. The van der Waals surface area contributed by atoms with Crippen LogP contribution < -0.4 is 10.6 Å². The third-order valence-corrected chi connectivity index (χ3v) is 4.28. The van der Waals surface area contributed by atoms with Gasteiger partial charge < -0.3 is 10.6 Å². The molecule has 0 saturated heterocycles. The molecule has 2 aromatic heterocycles. The number of aromatic nitrogens is 2. The minimum absolute atomic E-state index is 0.118. The van der Waals surface area contributed by atoms with Gasteiger partial charge in [-0.3, -0.25) is 4.79 Å². The van der Waals surface area contributed by atoms with Crippen molar-refractivity contribution >= 4 is 28.2 Å². The van der Waals surface area contributed by atoms with E-state index in [1.54, 1.807) is 12.3 Å². The summed E-state index contributed by atoms with van der Waals surface area (Å²) in [5, 5.41) is 8.35. The standard InChI is InChI=1S/C18H17FN4OS/c1-12(24)20-9-7-13-5-6-14(10-15(13)19)16-11-25-18(22-16)23-17-4-2-3-8-21-17/h2-6,8,10-11H,7,9H2,1H3,(H,20,24)(H,21,22,23). The Labute approximate surface area is 149 Å². The van der Waals surface area contributed by atoms with Crippen LogP contribution in [-0.2, 0) is 11.2 Å². The molecule has 128 valence electrons. The Bertz CT molecular complexity index is 867. The van der Waals surface area contributed by atoms with Crippen LogP contribution in [-0.4, -0.2) is 22.4 Å². The first kappa shape index (κ1) is 17.0. The number of hydrogen-bond donors (Lipinski definition) is 2. The van der Waals surface area contributed by atoms with Gasteiger partial charge in [0.15, 0.2) is 5.13 Å². The maximum absolute atomic E-state index is 14.3. The molecule has 1 amide bonds. The molecule has 1 aromatic carbocycles. The van der Waals surface area contributed by atoms with E-state index in [-0.39, 0.29) is 11.7 Å².